The van der Waals surface area contributed by atoms with Crippen LogP contribution in [0.2, 0.25) is 5.15 Å². The van der Waals surface area contributed by atoms with E-state index in [2.05, 4.69) is 22.2 Å². The van der Waals surface area contributed by atoms with E-state index in [1.165, 1.54) is 12.4 Å². The number of hydrogen-bond donors (Lipinski definition) is 1. The van der Waals surface area contributed by atoms with Gasteiger partial charge < -0.3 is 5.32 Å². The molecule has 0 aliphatic rings. The lowest BCUT2D eigenvalue weighted by Gasteiger charge is -2.12. The largest absolute Gasteiger partial charge is 0.347 e. The zero-order valence-electron chi connectivity index (χ0n) is 9.24. The van der Waals surface area contributed by atoms with E-state index in [0.29, 0.717) is 0 Å². The van der Waals surface area contributed by atoms with Gasteiger partial charge in [-0.2, -0.15) is 11.8 Å². The summed E-state index contributed by atoms with van der Waals surface area (Å²) in [6.45, 7) is 4.04. The van der Waals surface area contributed by atoms with Gasteiger partial charge in [-0.25, -0.2) is 4.98 Å². The maximum absolute atomic E-state index is 11.7. The maximum atomic E-state index is 11.7. The fraction of sp³-hybridized carbons (Fsp3) is 0.500. The number of nitrogens with zero attached hydrogens (tertiary/aromatic N) is 2. The molecule has 0 fully saturated rings. The van der Waals surface area contributed by atoms with E-state index in [9.17, 15) is 4.79 Å². The number of halogens is 1. The van der Waals surface area contributed by atoms with Crippen LogP contribution in [0.15, 0.2) is 12.4 Å². The Morgan fingerprint density at radius 3 is 3.00 bits per heavy atom. The number of aromatic nitrogens is 2. The molecule has 0 saturated heterocycles. The molecule has 6 heteroatoms. The van der Waals surface area contributed by atoms with Crippen molar-refractivity contribution in [2.24, 2.45) is 0 Å². The maximum Gasteiger partial charge on any atom is 0.271 e. The molecular weight excluding hydrogens is 246 g/mol. The van der Waals surface area contributed by atoms with Gasteiger partial charge in [0.2, 0.25) is 0 Å². The highest BCUT2D eigenvalue weighted by Crippen LogP contribution is 2.04. The summed E-state index contributed by atoms with van der Waals surface area (Å²) in [4.78, 5) is 19.4. The zero-order valence-corrected chi connectivity index (χ0v) is 10.8. The summed E-state index contributed by atoms with van der Waals surface area (Å²) in [6.07, 6.45) is 2.80. The highest BCUT2D eigenvalue weighted by molar-refractivity contribution is 7.99. The fourth-order valence-electron chi connectivity index (χ4n) is 1.09. The predicted octanol–water partition coefficient (Wildman–Crippen LogP) is 2.00. The molecule has 1 amide bonds. The zero-order chi connectivity index (χ0) is 12.0. The van der Waals surface area contributed by atoms with Crippen LogP contribution in [-0.4, -0.2) is 33.4 Å². The van der Waals surface area contributed by atoms with Crippen molar-refractivity contribution >= 4 is 29.3 Å². The molecule has 1 atom stereocenters. The summed E-state index contributed by atoms with van der Waals surface area (Å²) in [5.74, 6) is 1.69. The van der Waals surface area contributed by atoms with Crippen molar-refractivity contribution in [2.75, 3.05) is 11.5 Å². The van der Waals surface area contributed by atoms with Gasteiger partial charge in [0.15, 0.2) is 0 Å². The highest BCUT2D eigenvalue weighted by atomic mass is 35.5. The third kappa shape index (κ3) is 4.37. The average Bonchev–Trinajstić information content (AvgIpc) is 2.26. The Bertz CT molecular complexity index is 362. The van der Waals surface area contributed by atoms with Crippen molar-refractivity contribution < 1.29 is 4.79 Å². The second kappa shape index (κ2) is 6.70. The van der Waals surface area contributed by atoms with E-state index in [1.807, 2.05) is 6.92 Å². The summed E-state index contributed by atoms with van der Waals surface area (Å²) in [6, 6.07) is 0.109. The third-order valence-electron chi connectivity index (χ3n) is 1.79. The van der Waals surface area contributed by atoms with E-state index in [4.69, 9.17) is 11.6 Å². The van der Waals surface area contributed by atoms with Crippen LogP contribution in [0.3, 0.4) is 0 Å². The second-order valence-electron chi connectivity index (χ2n) is 3.26. The van der Waals surface area contributed by atoms with Crippen LogP contribution in [0, 0.1) is 0 Å². The third-order valence-corrected chi connectivity index (χ3v) is 3.11. The van der Waals surface area contributed by atoms with Crippen LogP contribution in [0.4, 0.5) is 0 Å². The van der Waals surface area contributed by atoms with Gasteiger partial charge in [-0.3, -0.25) is 9.78 Å². The molecule has 0 aliphatic carbocycles. The molecule has 0 saturated carbocycles. The Morgan fingerprint density at radius 1 is 1.62 bits per heavy atom. The first-order valence-electron chi connectivity index (χ1n) is 4.99. The van der Waals surface area contributed by atoms with Gasteiger partial charge in [0, 0.05) is 11.8 Å². The van der Waals surface area contributed by atoms with Gasteiger partial charge in [-0.15, -0.1) is 0 Å². The summed E-state index contributed by atoms with van der Waals surface area (Å²) in [5.41, 5.74) is 0.251. The summed E-state index contributed by atoms with van der Waals surface area (Å²) < 4.78 is 0. The van der Waals surface area contributed by atoms with Gasteiger partial charge in [0.1, 0.15) is 10.8 Å². The molecule has 0 aliphatic heterocycles. The summed E-state index contributed by atoms with van der Waals surface area (Å²) in [7, 11) is 0. The molecule has 1 rings (SSSR count). The van der Waals surface area contributed by atoms with Crippen LogP contribution >= 0.6 is 23.4 Å². The van der Waals surface area contributed by atoms with Crippen molar-refractivity contribution in [3.63, 3.8) is 0 Å². The lowest BCUT2D eigenvalue weighted by atomic mass is 10.3. The molecule has 1 unspecified atom stereocenters. The van der Waals surface area contributed by atoms with Gasteiger partial charge in [-0.05, 0) is 12.7 Å². The Kier molecular flexibility index (Phi) is 5.55. The molecule has 0 bridgehead atoms. The van der Waals surface area contributed by atoms with Crippen molar-refractivity contribution in [1.82, 2.24) is 15.3 Å². The van der Waals surface area contributed by atoms with Gasteiger partial charge in [0.05, 0.1) is 12.4 Å². The standard InChI is InChI=1S/C10H14ClN3OS/c1-3-16-6-7(2)13-10(15)8-4-12-5-9(11)14-8/h4-5,7H,3,6H2,1-2H3,(H,13,15). The number of thioether (sulfide) groups is 1. The van der Waals surface area contributed by atoms with E-state index in [-0.39, 0.29) is 22.8 Å². The first-order valence-corrected chi connectivity index (χ1v) is 6.53. The summed E-state index contributed by atoms with van der Waals surface area (Å²) >= 11 is 7.43. The number of rotatable bonds is 5. The first-order chi connectivity index (χ1) is 7.63. The molecule has 4 nitrogen and oxygen atoms in total. The molecule has 1 heterocycles. The Hall–Kier alpha value is -0.810. The number of nitrogens with one attached hydrogen (secondary N) is 1. The number of amides is 1. The number of carbonyl (C=O) groups excluding carboxylic acids is 1. The Balaban J connectivity index is 2.52. The van der Waals surface area contributed by atoms with Crippen LogP contribution in [-0.2, 0) is 0 Å². The SMILES string of the molecule is CCSCC(C)NC(=O)c1cncc(Cl)n1. The van der Waals surface area contributed by atoms with Crippen molar-refractivity contribution in [3.05, 3.63) is 23.2 Å². The Labute approximate surface area is 104 Å². The van der Waals surface area contributed by atoms with Crippen molar-refractivity contribution in [3.8, 4) is 0 Å². The second-order valence-corrected chi connectivity index (χ2v) is 4.97. The molecule has 0 spiro atoms. The molecule has 88 valence electrons. The molecule has 0 radical (unpaired) electrons. The van der Waals surface area contributed by atoms with Crippen molar-refractivity contribution in [2.45, 2.75) is 19.9 Å². The van der Waals surface area contributed by atoms with E-state index in [0.717, 1.165) is 11.5 Å². The molecule has 1 N–H and O–H groups in total. The van der Waals surface area contributed by atoms with Crippen LogP contribution < -0.4 is 5.32 Å². The van der Waals surface area contributed by atoms with Crippen LogP contribution in [0.5, 0.6) is 0 Å². The van der Waals surface area contributed by atoms with E-state index >= 15 is 0 Å². The normalized spacial score (nSPS) is 12.2. The monoisotopic (exact) mass is 259 g/mol. The average molecular weight is 260 g/mol. The van der Waals surface area contributed by atoms with Gasteiger partial charge >= 0.3 is 0 Å². The minimum atomic E-state index is -0.237. The first kappa shape index (κ1) is 13.3. The topological polar surface area (TPSA) is 54.9 Å². The predicted molar refractivity (Wildman–Crippen MR) is 67.0 cm³/mol. The number of hydrogen-bond acceptors (Lipinski definition) is 4. The number of carbonyl (C=O) groups is 1. The van der Waals surface area contributed by atoms with Gasteiger partial charge in [-0.1, -0.05) is 18.5 Å². The van der Waals surface area contributed by atoms with Crippen molar-refractivity contribution in [1.29, 1.82) is 0 Å². The lowest BCUT2D eigenvalue weighted by Crippen LogP contribution is -2.34. The summed E-state index contributed by atoms with van der Waals surface area (Å²) in [5, 5.41) is 3.06. The Morgan fingerprint density at radius 2 is 2.38 bits per heavy atom. The quantitative estimate of drug-likeness (QED) is 0.879. The van der Waals surface area contributed by atoms with E-state index < -0.39 is 0 Å². The fourth-order valence-corrected chi connectivity index (χ4v) is 1.91. The molecule has 0 aromatic carbocycles. The van der Waals surface area contributed by atoms with E-state index in [1.54, 1.807) is 11.8 Å². The lowest BCUT2D eigenvalue weighted by molar-refractivity contribution is 0.0938. The smallest absolute Gasteiger partial charge is 0.271 e. The van der Waals surface area contributed by atoms with Crippen LogP contribution in [0.1, 0.15) is 24.3 Å². The highest BCUT2D eigenvalue weighted by Gasteiger charge is 2.11. The minimum absolute atomic E-state index is 0.109. The molecule has 1 aromatic rings. The minimum Gasteiger partial charge on any atom is -0.347 e. The molecular formula is C10H14ClN3OS. The van der Waals surface area contributed by atoms with Crippen LogP contribution in [0.25, 0.3) is 0 Å². The molecule has 1 aromatic heterocycles. The van der Waals surface area contributed by atoms with Gasteiger partial charge in [0.25, 0.3) is 5.91 Å². The molecule has 16 heavy (non-hydrogen) atoms.